The number of carbonyl (C=O) groups is 4. The minimum atomic E-state index is -1.18. The predicted molar refractivity (Wildman–Crippen MR) is 96.3 cm³/mol. The highest BCUT2D eigenvalue weighted by Gasteiger charge is 2.35. The number of amides is 3. The Hall–Kier alpha value is -2.89. The molecule has 2 atom stereocenters. The average Bonchev–Trinajstić information content (AvgIpc) is 3.10. The molecule has 0 radical (unpaired) electrons. The van der Waals surface area contributed by atoms with E-state index in [4.69, 9.17) is 22.3 Å². The molecule has 0 aromatic rings. The van der Waals surface area contributed by atoms with Crippen molar-refractivity contribution in [2.75, 3.05) is 26.2 Å². The van der Waals surface area contributed by atoms with Gasteiger partial charge in [0.1, 0.15) is 12.6 Å². The van der Waals surface area contributed by atoms with Crippen molar-refractivity contribution in [2.45, 2.75) is 37.8 Å². The van der Waals surface area contributed by atoms with Crippen LogP contribution in [0.5, 0.6) is 0 Å². The molecule has 1 saturated heterocycles. The number of guanidine groups is 1. The molecule has 1 heterocycles. The molecule has 12 nitrogen and oxygen atoms in total. The summed E-state index contributed by atoms with van der Waals surface area (Å²) in [6, 6.07) is -1.47. The second-order valence-electron chi connectivity index (χ2n) is 6.13. The van der Waals surface area contributed by atoms with Crippen LogP contribution in [-0.2, 0) is 19.2 Å². The smallest absolute Gasteiger partial charge is 0.322 e. The summed E-state index contributed by atoms with van der Waals surface area (Å²) in [7, 11) is 0. The lowest BCUT2D eigenvalue weighted by Gasteiger charge is -2.26. The first-order valence-corrected chi connectivity index (χ1v) is 8.60. The summed E-state index contributed by atoms with van der Waals surface area (Å²) in [6.45, 7) is -0.130. The largest absolute Gasteiger partial charge is 0.480 e. The maximum Gasteiger partial charge on any atom is 0.322 e. The third-order valence-corrected chi connectivity index (χ3v) is 3.98. The van der Waals surface area contributed by atoms with Crippen molar-refractivity contribution in [2.24, 2.45) is 22.2 Å². The topological polar surface area (TPSA) is 206 Å². The number of hydrogen-bond donors (Lipinski definition) is 6. The van der Waals surface area contributed by atoms with E-state index in [1.807, 2.05) is 0 Å². The highest BCUT2D eigenvalue weighted by molar-refractivity contribution is 5.92. The van der Waals surface area contributed by atoms with E-state index in [1.54, 1.807) is 0 Å². The Morgan fingerprint density at radius 2 is 1.89 bits per heavy atom. The molecular weight excluding hydrogens is 358 g/mol. The van der Waals surface area contributed by atoms with Crippen LogP contribution >= 0.6 is 0 Å². The van der Waals surface area contributed by atoms with Crippen molar-refractivity contribution >= 4 is 29.7 Å². The monoisotopic (exact) mass is 385 g/mol. The molecule has 0 spiro atoms. The third kappa shape index (κ3) is 7.90. The van der Waals surface area contributed by atoms with Crippen molar-refractivity contribution in [1.29, 1.82) is 0 Å². The fraction of sp³-hybridized carbons (Fsp3) is 0.667. The van der Waals surface area contributed by atoms with E-state index in [9.17, 15) is 19.2 Å². The zero-order valence-corrected chi connectivity index (χ0v) is 15.0. The lowest BCUT2D eigenvalue weighted by Crippen LogP contribution is -2.52. The Morgan fingerprint density at radius 3 is 2.52 bits per heavy atom. The molecule has 2 unspecified atom stereocenters. The highest BCUT2D eigenvalue weighted by atomic mass is 16.4. The minimum absolute atomic E-state index is 0.0291. The van der Waals surface area contributed by atoms with Gasteiger partial charge in [0.05, 0.1) is 12.6 Å². The number of nitrogens with one attached hydrogen (secondary N) is 2. The van der Waals surface area contributed by atoms with Crippen LogP contribution in [0.2, 0.25) is 0 Å². The number of hydrogen-bond acceptors (Lipinski definition) is 6. The summed E-state index contributed by atoms with van der Waals surface area (Å²) in [6.07, 6.45) is 2.02. The molecule has 9 N–H and O–H groups in total. The number of likely N-dealkylation sites (tertiary alicyclic amines) is 1. The van der Waals surface area contributed by atoms with Gasteiger partial charge in [-0.1, -0.05) is 0 Å². The van der Waals surface area contributed by atoms with E-state index < -0.39 is 36.4 Å². The van der Waals surface area contributed by atoms with Crippen molar-refractivity contribution in [3.8, 4) is 0 Å². The highest BCUT2D eigenvalue weighted by Crippen LogP contribution is 2.19. The molecule has 0 aliphatic carbocycles. The lowest BCUT2D eigenvalue weighted by atomic mass is 10.1. The number of carbonyl (C=O) groups excluding carboxylic acids is 3. The zero-order valence-electron chi connectivity index (χ0n) is 15.0. The first-order valence-electron chi connectivity index (χ1n) is 8.60. The normalized spacial score (nSPS) is 17.1. The first kappa shape index (κ1) is 22.2. The van der Waals surface area contributed by atoms with Crippen molar-refractivity contribution in [1.82, 2.24) is 15.5 Å². The van der Waals surface area contributed by atoms with Gasteiger partial charge in [-0.15, -0.1) is 0 Å². The number of aliphatic imine (C=N–C) groups is 1. The molecule has 1 aliphatic heterocycles. The van der Waals surface area contributed by atoms with Gasteiger partial charge in [-0.3, -0.25) is 24.2 Å². The van der Waals surface area contributed by atoms with E-state index in [1.165, 1.54) is 4.90 Å². The van der Waals surface area contributed by atoms with Gasteiger partial charge < -0.3 is 37.8 Å². The van der Waals surface area contributed by atoms with Crippen LogP contribution in [0.4, 0.5) is 0 Å². The van der Waals surface area contributed by atoms with Gasteiger partial charge in [0.25, 0.3) is 0 Å². The minimum Gasteiger partial charge on any atom is -0.480 e. The second-order valence-corrected chi connectivity index (χ2v) is 6.13. The molecule has 0 saturated carbocycles. The van der Waals surface area contributed by atoms with E-state index >= 15 is 0 Å². The number of carboxylic acid groups (broad SMARTS) is 1. The molecule has 152 valence electrons. The second kappa shape index (κ2) is 11.0. The Labute approximate surface area is 156 Å². The maximum absolute atomic E-state index is 12.5. The van der Waals surface area contributed by atoms with Crippen LogP contribution in [0.3, 0.4) is 0 Å². The molecular formula is C15H27N7O5. The number of nitrogens with zero attached hydrogens (tertiary/aromatic N) is 2. The predicted octanol–water partition coefficient (Wildman–Crippen LogP) is -3.32. The van der Waals surface area contributed by atoms with Crippen LogP contribution in [0.15, 0.2) is 4.99 Å². The Morgan fingerprint density at radius 1 is 1.19 bits per heavy atom. The third-order valence-electron chi connectivity index (χ3n) is 3.98. The molecule has 3 amide bonds. The fourth-order valence-corrected chi connectivity index (χ4v) is 2.68. The number of rotatable bonds is 10. The fourth-order valence-electron chi connectivity index (χ4n) is 2.68. The van der Waals surface area contributed by atoms with Crippen LogP contribution in [0.25, 0.3) is 0 Å². The number of carboxylic acids is 1. The molecule has 0 aromatic carbocycles. The van der Waals surface area contributed by atoms with Crippen LogP contribution in [0.1, 0.15) is 25.7 Å². The first-order chi connectivity index (χ1) is 12.7. The molecule has 1 rings (SSSR count). The van der Waals surface area contributed by atoms with Gasteiger partial charge in [-0.2, -0.15) is 0 Å². The van der Waals surface area contributed by atoms with Crippen molar-refractivity contribution in [3.63, 3.8) is 0 Å². The van der Waals surface area contributed by atoms with Gasteiger partial charge >= 0.3 is 5.97 Å². The van der Waals surface area contributed by atoms with E-state index in [0.717, 1.165) is 0 Å². The molecule has 1 fully saturated rings. The summed E-state index contributed by atoms with van der Waals surface area (Å²) in [5.74, 6) is -2.65. The van der Waals surface area contributed by atoms with E-state index in [-0.39, 0.29) is 18.4 Å². The van der Waals surface area contributed by atoms with Gasteiger partial charge in [0, 0.05) is 13.1 Å². The van der Waals surface area contributed by atoms with E-state index in [2.05, 4.69) is 15.6 Å². The Bertz CT molecular complexity index is 591. The Kier molecular flexibility index (Phi) is 8.99. The van der Waals surface area contributed by atoms with Crippen molar-refractivity contribution < 1.29 is 24.3 Å². The molecule has 0 aromatic heterocycles. The van der Waals surface area contributed by atoms with Gasteiger partial charge in [0.2, 0.25) is 17.7 Å². The number of nitrogens with two attached hydrogens (primary N) is 3. The van der Waals surface area contributed by atoms with Crippen LogP contribution in [0, 0.1) is 0 Å². The maximum atomic E-state index is 12.5. The number of aliphatic carboxylic acids is 1. The quantitative estimate of drug-likeness (QED) is 0.127. The summed E-state index contributed by atoms with van der Waals surface area (Å²) >= 11 is 0. The zero-order chi connectivity index (χ0) is 20.4. The summed E-state index contributed by atoms with van der Waals surface area (Å²) in [4.78, 5) is 51.8. The van der Waals surface area contributed by atoms with Crippen molar-refractivity contribution in [3.05, 3.63) is 0 Å². The lowest BCUT2D eigenvalue weighted by molar-refractivity contribution is -0.140. The molecule has 27 heavy (non-hydrogen) atoms. The van der Waals surface area contributed by atoms with E-state index in [0.29, 0.717) is 38.8 Å². The van der Waals surface area contributed by atoms with Gasteiger partial charge in [-0.05, 0) is 25.7 Å². The van der Waals surface area contributed by atoms with Crippen LogP contribution in [-0.4, -0.2) is 77.9 Å². The van der Waals surface area contributed by atoms with Crippen LogP contribution < -0.4 is 27.8 Å². The summed E-state index contributed by atoms with van der Waals surface area (Å²) < 4.78 is 0. The summed E-state index contributed by atoms with van der Waals surface area (Å²) in [5, 5.41) is 13.0. The van der Waals surface area contributed by atoms with Gasteiger partial charge in [-0.25, -0.2) is 0 Å². The molecule has 12 heteroatoms. The molecule has 1 aliphatic rings. The Balaban J connectivity index is 2.47. The standard InChI is InChI=1S/C15H27N7O5/c16-9(3-1-5-19-15(17)18)14(27)22-6-2-4-10(22)13(26)21-7-11(23)20-8-12(24)25/h9-10H,1-8,16H2,(H,20,23)(H,21,26)(H,24,25)(H4,17,18,19). The molecule has 0 bridgehead atoms. The average molecular weight is 385 g/mol. The summed E-state index contributed by atoms with van der Waals surface area (Å²) in [5.41, 5.74) is 16.4. The van der Waals surface area contributed by atoms with Gasteiger partial charge in [0.15, 0.2) is 5.96 Å². The SMILES string of the molecule is NC(N)=NCCCC(N)C(=O)N1CCCC1C(=O)NCC(=O)NCC(=O)O.